The van der Waals surface area contributed by atoms with E-state index in [-0.39, 0.29) is 0 Å². The van der Waals surface area contributed by atoms with Crippen LogP contribution in [0.5, 0.6) is 11.5 Å². The highest BCUT2D eigenvalue weighted by Gasteiger charge is 2.08. The summed E-state index contributed by atoms with van der Waals surface area (Å²) in [5.74, 6) is 0.482. The van der Waals surface area contributed by atoms with Gasteiger partial charge in [0.05, 0.1) is 0 Å². The fraction of sp³-hybridized carbons (Fsp3) is 0.0833. The summed E-state index contributed by atoms with van der Waals surface area (Å²) in [6.07, 6.45) is 3.43. The van der Waals surface area contributed by atoms with Crippen molar-refractivity contribution in [1.29, 1.82) is 0 Å². The van der Waals surface area contributed by atoms with Crippen molar-refractivity contribution in [3.05, 3.63) is 85.2 Å². The highest BCUT2D eigenvalue weighted by Crippen LogP contribution is 2.24. The summed E-state index contributed by atoms with van der Waals surface area (Å²) in [6.45, 7) is 10.3. The van der Waals surface area contributed by atoms with Gasteiger partial charge in [-0.3, -0.25) is 0 Å². The summed E-state index contributed by atoms with van der Waals surface area (Å²) in [5.41, 5.74) is 3.17. The van der Waals surface area contributed by atoms with E-state index in [1.807, 2.05) is 12.1 Å². The first kappa shape index (κ1) is 20.7. The molecule has 0 N–H and O–H groups in total. The predicted molar refractivity (Wildman–Crippen MR) is 114 cm³/mol. The largest absolute Gasteiger partial charge is 0.423 e. The molecule has 30 heavy (non-hydrogen) atoms. The third-order valence-corrected chi connectivity index (χ3v) is 4.07. The Balaban J connectivity index is 1.70. The van der Waals surface area contributed by atoms with E-state index in [2.05, 4.69) is 23.1 Å². The maximum absolute atomic E-state index is 11.6. The van der Waals surface area contributed by atoms with Crippen LogP contribution in [0.15, 0.2) is 85.2 Å². The normalized spacial score (nSPS) is 10.2. The first-order valence-corrected chi connectivity index (χ1v) is 9.12. The van der Waals surface area contributed by atoms with E-state index in [0.29, 0.717) is 28.5 Å². The van der Waals surface area contributed by atoms with Crippen molar-refractivity contribution in [2.75, 3.05) is 0 Å². The summed E-state index contributed by atoms with van der Waals surface area (Å²) in [6, 6.07) is 14.0. The summed E-state index contributed by atoms with van der Waals surface area (Å²) in [4.78, 5) is 32.0. The maximum atomic E-state index is 11.6. The SMILES string of the molecule is C=C(C)C(=O)Oc1ccc(-c2cnc(-c3ccc(OC(=O)C(=C)C)cc3)nc2)cc1. The second-order valence-corrected chi connectivity index (χ2v) is 6.68. The number of hydrogen-bond acceptors (Lipinski definition) is 6. The van der Waals surface area contributed by atoms with Gasteiger partial charge in [0, 0.05) is 34.7 Å². The number of carbonyl (C=O) groups excluding carboxylic acids is 2. The van der Waals surface area contributed by atoms with Crippen LogP contribution in [0.2, 0.25) is 0 Å². The van der Waals surface area contributed by atoms with Crippen LogP contribution in [0.3, 0.4) is 0 Å². The zero-order valence-corrected chi connectivity index (χ0v) is 16.7. The van der Waals surface area contributed by atoms with E-state index >= 15 is 0 Å². The monoisotopic (exact) mass is 400 g/mol. The second kappa shape index (κ2) is 8.96. The molecule has 6 heteroatoms. The van der Waals surface area contributed by atoms with E-state index in [4.69, 9.17) is 9.47 Å². The van der Waals surface area contributed by atoms with Crippen molar-refractivity contribution >= 4 is 11.9 Å². The minimum Gasteiger partial charge on any atom is -0.423 e. The molecule has 0 aliphatic heterocycles. The van der Waals surface area contributed by atoms with Gasteiger partial charge in [-0.1, -0.05) is 25.3 Å². The Morgan fingerprint density at radius 3 is 1.47 bits per heavy atom. The number of ether oxygens (including phenoxy) is 2. The number of nitrogens with zero attached hydrogens (tertiary/aromatic N) is 2. The molecule has 2 aromatic carbocycles. The van der Waals surface area contributed by atoms with Crippen molar-refractivity contribution in [3.8, 4) is 34.0 Å². The van der Waals surface area contributed by atoms with Gasteiger partial charge in [0.25, 0.3) is 0 Å². The first-order valence-electron chi connectivity index (χ1n) is 9.12. The predicted octanol–water partition coefficient (Wildman–Crippen LogP) is 4.77. The van der Waals surface area contributed by atoms with Crippen molar-refractivity contribution in [3.63, 3.8) is 0 Å². The average Bonchev–Trinajstić information content (AvgIpc) is 2.75. The van der Waals surface area contributed by atoms with Crippen molar-refractivity contribution < 1.29 is 19.1 Å². The molecule has 0 atom stereocenters. The number of aromatic nitrogens is 2. The fourth-order valence-electron chi connectivity index (χ4n) is 2.40. The van der Waals surface area contributed by atoms with Gasteiger partial charge in [-0.25, -0.2) is 19.6 Å². The van der Waals surface area contributed by atoms with Crippen LogP contribution in [0, 0.1) is 0 Å². The number of rotatable bonds is 6. The third kappa shape index (κ3) is 5.05. The number of esters is 2. The van der Waals surface area contributed by atoms with Gasteiger partial charge in [-0.2, -0.15) is 0 Å². The Morgan fingerprint density at radius 1 is 0.667 bits per heavy atom. The molecule has 0 saturated carbocycles. The topological polar surface area (TPSA) is 78.4 Å². The molecular weight excluding hydrogens is 380 g/mol. The Kier molecular flexibility index (Phi) is 6.17. The molecule has 0 saturated heterocycles. The highest BCUT2D eigenvalue weighted by atomic mass is 16.5. The Hall–Kier alpha value is -4.06. The van der Waals surface area contributed by atoms with Crippen molar-refractivity contribution in [2.45, 2.75) is 13.8 Å². The molecule has 0 aliphatic rings. The number of hydrogen-bond donors (Lipinski definition) is 0. The highest BCUT2D eigenvalue weighted by molar-refractivity contribution is 5.89. The van der Waals surface area contributed by atoms with Gasteiger partial charge in [0.1, 0.15) is 11.5 Å². The molecule has 0 spiro atoms. The number of benzene rings is 2. The van der Waals surface area contributed by atoms with E-state index in [9.17, 15) is 9.59 Å². The van der Waals surface area contributed by atoms with E-state index in [0.717, 1.165) is 16.7 Å². The van der Waals surface area contributed by atoms with Crippen LogP contribution in [0.1, 0.15) is 13.8 Å². The Bertz CT molecular complexity index is 1010. The average molecular weight is 400 g/mol. The van der Waals surface area contributed by atoms with Crippen LogP contribution >= 0.6 is 0 Å². The molecule has 150 valence electrons. The molecule has 0 amide bonds. The molecular formula is C24H20N2O4. The molecule has 0 bridgehead atoms. The first-order chi connectivity index (χ1) is 14.3. The van der Waals surface area contributed by atoms with E-state index in [1.165, 1.54) is 0 Å². The molecule has 0 unspecified atom stereocenters. The van der Waals surface area contributed by atoms with Crippen LogP contribution < -0.4 is 9.47 Å². The van der Waals surface area contributed by atoms with E-state index < -0.39 is 11.9 Å². The van der Waals surface area contributed by atoms with Crippen LogP contribution in [0.25, 0.3) is 22.5 Å². The zero-order chi connectivity index (χ0) is 21.7. The van der Waals surface area contributed by atoms with Gasteiger partial charge < -0.3 is 9.47 Å². The lowest BCUT2D eigenvalue weighted by Gasteiger charge is -2.07. The van der Waals surface area contributed by atoms with Gasteiger partial charge in [-0.15, -0.1) is 0 Å². The minimum atomic E-state index is -0.469. The van der Waals surface area contributed by atoms with Crippen LogP contribution in [-0.4, -0.2) is 21.9 Å². The molecule has 0 aliphatic carbocycles. The van der Waals surface area contributed by atoms with Gasteiger partial charge in [-0.05, 0) is 55.8 Å². The van der Waals surface area contributed by atoms with Crippen molar-refractivity contribution in [2.24, 2.45) is 0 Å². The summed E-state index contributed by atoms with van der Waals surface area (Å²) in [7, 11) is 0. The minimum absolute atomic E-state index is 0.333. The lowest BCUT2D eigenvalue weighted by Crippen LogP contribution is -2.07. The third-order valence-electron chi connectivity index (χ3n) is 4.07. The smallest absolute Gasteiger partial charge is 0.338 e. The van der Waals surface area contributed by atoms with E-state index in [1.54, 1.807) is 62.6 Å². The molecule has 3 rings (SSSR count). The lowest BCUT2D eigenvalue weighted by molar-refractivity contribution is -0.130. The lowest BCUT2D eigenvalue weighted by atomic mass is 10.1. The van der Waals surface area contributed by atoms with Gasteiger partial charge >= 0.3 is 11.9 Å². The quantitative estimate of drug-likeness (QED) is 0.337. The van der Waals surface area contributed by atoms with Crippen molar-refractivity contribution in [1.82, 2.24) is 9.97 Å². The second-order valence-electron chi connectivity index (χ2n) is 6.68. The molecule has 6 nitrogen and oxygen atoms in total. The van der Waals surface area contributed by atoms with Crippen LogP contribution in [0.4, 0.5) is 0 Å². The summed E-state index contributed by atoms with van der Waals surface area (Å²) >= 11 is 0. The molecule has 0 fully saturated rings. The standard InChI is InChI=1S/C24H20N2O4/c1-15(2)23(27)29-20-9-5-17(6-10-20)19-13-25-22(26-14-19)18-7-11-21(12-8-18)30-24(28)16(3)4/h5-14H,1,3H2,2,4H3. The maximum Gasteiger partial charge on any atom is 0.338 e. The summed E-state index contributed by atoms with van der Waals surface area (Å²) < 4.78 is 10.4. The molecule has 1 aromatic heterocycles. The number of carbonyl (C=O) groups is 2. The summed E-state index contributed by atoms with van der Waals surface area (Å²) in [5, 5.41) is 0. The van der Waals surface area contributed by atoms with Gasteiger partial charge in [0.15, 0.2) is 5.82 Å². The van der Waals surface area contributed by atoms with Crippen LogP contribution in [-0.2, 0) is 9.59 Å². The molecule has 0 radical (unpaired) electrons. The van der Waals surface area contributed by atoms with Gasteiger partial charge in [0.2, 0.25) is 0 Å². The molecule has 1 heterocycles. The zero-order valence-electron chi connectivity index (χ0n) is 16.7. The Morgan fingerprint density at radius 2 is 1.07 bits per heavy atom. The fourth-order valence-corrected chi connectivity index (χ4v) is 2.40. The molecule has 3 aromatic rings. The Labute approximate surface area is 174 Å².